The smallest absolute Gasteiger partial charge is 0.249 e. The number of hydrogen-bond donors (Lipinski definition) is 1. The molecule has 3 nitrogen and oxygen atoms in total. The molecule has 21 heavy (non-hydrogen) atoms. The van der Waals surface area contributed by atoms with E-state index in [4.69, 9.17) is 4.74 Å². The lowest BCUT2D eigenvalue weighted by atomic mass is 9.85. The zero-order valence-corrected chi connectivity index (χ0v) is 13.0. The van der Waals surface area contributed by atoms with Crippen LogP contribution in [0.15, 0.2) is 30.3 Å². The van der Waals surface area contributed by atoms with E-state index in [9.17, 15) is 4.79 Å². The van der Waals surface area contributed by atoms with Crippen LogP contribution in [0, 0.1) is 5.92 Å². The van der Waals surface area contributed by atoms with Gasteiger partial charge in [0.15, 0.2) is 0 Å². The molecule has 1 aliphatic rings. The molecule has 0 saturated heterocycles. The first kappa shape index (κ1) is 16.0. The zero-order valence-electron chi connectivity index (χ0n) is 13.0. The molecule has 1 amide bonds. The maximum atomic E-state index is 12.2. The van der Waals surface area contributed by atoms with Crippen molar-refractivity contribution < 1.29 is 9.53 Å². The Bertz CT molecular complexity index is 412. The fraction of sp³-hybridized carbons (Fsp3) is 0.611. The monoisotopic (exact) mass is 289 g/mol. The van der Waals surface area contributed by atoms with E-state index >= 15 is 0 Å². The van der Waals surface area contributed by atoms with E-state index in [1.54, 1.807) is 0 Å². The van der Waals surface area contributed by atoms with E-state index in [-0.39, 0.29) is 12.0 Å². The Kier molecular flexibility index (Phi) is 6.74. The van der Waals surface area contributed by atoms with Crippen LogP contribution in [0.4, 0.5) is 0 Å². The second-order valence-corrected chi connectivity index (χ2v) is 5.92. The summed E-state index contributed by atoms with van der Waals surface area (Å²) in [6.07, 6.45) is 6.96. The maximum Gasteiger partial charge on any atom is 0.249 e. The summed E-state index contributed by atoms with van der Waals surface area (Å²) in [4.78, 5) is 12.2. The highest BCUT2D eigenvalue weighted by Gasteiger charge is 2.24. The first-order valence-corrected chi connectivity index (χ1v) is 8.23. The predicted octanol–water partition coefficient (Wildman–Crippen LogP) is 3.68. The molecule has 2 rings (SSSR count). The molecule has 1 unspecified atom stereocenters. The van der Waals surface area contributed by atoms with Crippen LogP contribution in [0.1, 0.15) is 51.0 Å². The molecule has 0 spiro atoms. The highest BCUT2D eigenvalue weighted by Crippen LogP contribution is 2.28. The highest BCUT2D eigenvalue weighted by molar-refractivity contribution is 5.80. The van der Waals surface area contributed by atoms with Gasteiger partial charge in [0.2, 0.25) is 5.91 Å². The van der Waals surface area contributed by atoms with Crippen molar-refractivity contribution in [2.24, 2.45) is 5.92 Å². The Morgan fingerprint density at radius 3 is 2.62 bits per heavy atom. The van der Waals surface area contributed by atoms with Crippen LogP contribution in [-0.4, -0.2) is 18.6 Å². The topological polar surface area (TPSA) is 38.3 Å². The number of amides is 1. The van der Waals surface area contributed by atoms with Gasteiger partial charge in [-0.05, 0) is 24.8 Å². The molecule has 1 aromatic rings. The molecule has 1 aromatic carbocycles. The van der Waals surface area contributed by atoms with Gasteiger partial charge in [0.25, 0.3) is 0 Å². The van der Waals surface area contributed by atoms with E-state index in [0.29, 0.717) is 19.1 Å². The van der Waals surface area contributed by atoms with Gasteiger partial charge in [0, 0.05) is 6.54 Å². The minimum Gasteiger partial charge on any atom is -0.364 e. The summed E-state index contributed by atoms with van der Waals surface area (Å²) in [6, 6.07) is 10.1. The van der Waals surface area contributed by atoms with Crippen molar-refractivity contribution in [2.45, 2.75) is 58.2 Å². The lowest BCUT2D eigenvalue weighted by Crippen LogP contribution is -2.37. The predicted molar refractivity (Wildman–Crippen MR) is 84.9 cm³/mol. The van der Waals surface area contributed by atoms with Gasteiger partial charge in [0.05, 0.1) is 6.61 Å². The van der Waals surface area contributed by atoms with Crippen LogP contribution in [0.25, 0.3) is 0 Å². The summed E-state index contributed by atoms with van der Waals surface area (Å²) in [5.74, 6) is 0.682. The van der Waals surface area contributed by atoms with E-state index in [1.807, 2.05) is 37.3 Å². The molecular weight excluding hydrogens is 262 g/mol. The molecule has 116 valence electrons. The fourth-order valence-electron chi connectivity index (χ4n) is 3.04. The van der Waals surface area contributed by atoms with Crippen molar-refractivity contribution in [3.8, 4) is 0 Å². The van der Waals surface area contributed by atoms with Crippen LogP contribution < -0.4 is 5.32 Å². The molecule has 1 N–H and O–H groups in total. The van der Waals surface area contributed by atoms with Crippen molar-refractivity contribution in [3.63, 3.8) is 0 Å². The van der Waals surface area contributed by atoms with Crippen molar-refractivity contribution in [3.05, 3.63) is 35.9 Å². The SMILES string of the molecule is CCNC(=O)C(CC1CCCCC1)OCc1ccccc1. The summed E-state index contributed by atoms with van der Waals surface area (Å²) >= 11 is 0. The average molecular weight is 289 g/mol. The molecule has 1 fully saturated rings. The first-order valence-electron chi connectivity index (χ1n) is 8.23. The van der Waals surface area contributed by atoms with Gasteiger partial charge in [-0.15, -0.1) is 0 Å². The van der Waals surface area contributed by atoms with E-state index < -0.39 is 0 Å². The zero-order chi connectivity index (χ0) is 14.9. The van der Waals surface area contributed by atoms with E-state index in [1.165, 1.54) is 32.1 Å². The van der Waals surface area contributed by atoms with E-state index in [2.05, 4.69) is 5.32 Å². The number of nitrogens with one attached hydrogen (secondary N) is 1. The molecule has 1 saturated carbocycles. The van der Waals surface area contributed by atoms with Crippen molar-refractivity contribution >= 4 is 5.91 Å². The molecule has 1 atom stereocenters. The van der Waals surface area contributed by atoms with Gasteiger partial charge >= 0.3 is 0 Å². The summed E-state index contributed by atoms with van der Waals surface area (Å²) < 4.78 is 5.93. The standard InChI is InChI=1S/C18H27NO2/c1-2-19-18(20)17(13-15-9-5-3-6-10-15)21-14-16-11-7-4-8-12-16/h4,7-8,11-12,15,17H,2-3,5-6,9-10,13-14H2,1H3,(H,19,20). The van der Waals surface area contributed by atoms with Gasteiger partial charge in [-0.1, -0.05) is 62.4 Å². The van der Waals surface area contributed by atoms with Gasteiger partial charge in [-0.25, -0.2) is 0 Å². The first-order chi connectivity index (χ1) is 10.3. The molecule has 1 aliphatic carbocycles. The average Bonchev–Trinajstić information content (AvgIpc) is 2.53. The number of carbonyl (C=O) groups excluding carboxylic acids is 1. The number of ether oxygens (including phenoxy) is 1. The van der Waals surface area contributed by atoms with Crippen molar-refractivity contribution in [2.75, 3.05) is 6.54 Å². The molecule has 0 radical (unpaired) electrons. The summed E-state index contributed by atoms with van der Waals surface area (Å²) in [6.45, 7) is 3.12. The second kappa shape index (κ2) is 8.83. The Balaban J connectivity index is 1.89. The summed E-state index contributed by atoms with van der Waals surface area (Å²) in [5.41, 5.74) is 1.12. The van der Waals surface area contributed by atoms with E-state index in [0.717, 1.165) is 12.0 Å². The minimum absolute atomic E-state index is 0.0407. The van der Waals surface area contributed by atoms with Crippen molar-refractivity contribution in [1.29, 1.82) is 0 Å². The van der Waals surface area contributed by atoms with Gasteiger partial charge in [-0.2, -0.15) is 0 Å². The fourth-order valence-corrected chi connectivity index (χ4v) is 3.04. The van der Waals surface area contributed by atoms with Gasteiger partial charge in [-0.3, -0.25) is 4.79 Å². The van der Waals surface area contributed by atoms with Gasteiger partial charge in [0.1, 0.15) is 6.10 Å². The molecular formula is C18H27NO2. The molecule has 0 aliphatic heterocycles. The van der Waals surface area contributed by atoms with Crippen LogP contribution in [0.2, 0.25) is 0 Å². The minimum atomic E-state index is -0.312. The maximum absolute atomic E-state index is 12.2. The van der Waals surface area contributed by atoms with Crippen LogP contribution >= 0.6 is 0 Å². The second-order valence-electron chi connectivity index (χ2n) is 5.92. The van der Waals surface area contributed by atoms with Crippen LogP contribution in [0.3, 0.4) is 0 Å². The molecule has 0 bridgehead atoms. The lowest BCUT2D eigenvalue weighted by molar-refractivity contribution is -0.135. The third-order valence-electron chi connectivity index (χ3n) is 4.21. The highest BCUT2D eigenvalue weighted by atomic mass is 16.5. The number of carbonyl (C=O) groups is 1. The third kappa shape index (κ3) is 5.50. The van der Waals surface area contributed by atoms with Gasteiger partial charge < -0.3 is 10.1 Å². The Labute approximate surface area is 128 Å². The molecule has 0 heterocycles. The molecule has 0 aromatic heterocycles. The summed E-state index contributed by atoms with van der Waals surface area (Å²) in [5, 5.41) is 2.91. The number of benzene rings is 1. The quantitative estimate of drug-likeness (QED) is 0.831. The molecule has 3 heteroatoms. The number of hydrogen-bond acceptors (Lipinski definition) is 2. The number of rotatable bonds is 7. The van der Waals surface area contributed by atoms with Crippen molar-refractivity contribution in [1.82, 2.24) is 5.32 Å². The normalized spacial score (nSPS) is 17.4. The van der Waals surface area contributed by atoms with Crippen LogP contribution in [0.5, 0.6) is 0 Å². The Morgan fingerprint density at radius 1 is 1.24 bits per heavy atom. The Hall–Kier alpha value is -1.35. The summed E-state index contributed by atoms with van der Waals surface area (Å²) in [7, 11) is 0. The largest absolute Gasteiger partial charge is 0.364 e. The Morgan fingerprint density at radius 2 is 1.95 bits per heavy atom. The lowest BCUT2D eigenvalue weighted by Gasteiger charge is -2.26. The number of likely N-dealkylation sites (N-methyl/N-ethyl adjacent to an activating group) is 1. The van der Waals surface area contributed by atoms with Crippen LogP contribution in [-0.2, 0) is 16.1 Å². The third-order valence-corrected chi connectivity index (χ3v) is 4.21.